The van der Waals surface area contributed by atoms with E-state index in [-0.39, 0.29) is 0 Å². The Morgan fingerprint density at radius 2 is 1.39 bits per heavy atom. The summed E-state index contributed by atoms with van der Waals surface area (Å²) in [4.78, 5) is 9.83. The summed E-state index contributed by atoms with van der Waals surface area (Å²) in [7, 11) is 6.13. The zero-order valence-electron chi connectivity index (χ0n) is 18.0. The lowest BCUT2D eigenvalue weighted by atomic mass is 10.1. The Morgan fingerprint density at radius 3 is 2.00 bits per heavy atom. The quantitative estimate of drug-likeness (QED) is 0.635. The van der Waals surface area contributed by atoms with Crippen LogP contribution in [0, 0.1) is 0 Å². The molecule has 0 radical (unpaired) electrons. The highest BCUT2D eigenvalue weighted by atomic mass is 16.5. The van der Waals surface area contributed by atoms with Crippen LogP contribution in [0.1, 0.15) is 12.0 Å². The van der Waals surface area contributed by atoms with Gasteiger partial charge in [0.25, 0.3) is 0 Å². The molecule has 0 N–H and O–H groups in total. The topological polar surface area (TPSA) is 31.4 Å². The minimum Gasteiger partial charge on any atom is -0.493 e. The molecule has 2 aliphatic heterocycles. The zero-order valence-corrected chi connectivity index (χ0v) is 18.0. The van der Waals surface area contributed by atoms with E-state index in [1.165, 1.54) is 44.7 Å². The number of hydrogen-bond acceptors (Lipinski definition) is 6. The maximum Gasteiger partial charge on any atom is 0.161 e. The van der Waals surface area contributed by atoms with Gasteiger partial charge in [-0.05, 0) is 51.2 Å². The minimum absolute atomic E-state index is 0.711. The molecule has 0 spiro atoms. The van der Waals surface area contributed by atoms with Crippen molar-refractivity contribution in [1.29, 1.82) is 0 Å². The molecular weight excluding hydrogens is 352 g/mol. The summed E-state index contributed by atoms with van der Waals surface area (Å²) in [6.07, 6.45) is 2.28. The first kappa shape index (κ1) is 21.4. The van der Waals surface area contributed by atoms with Gasteiger partial charge in [0.1, 0.15) is 6.61 Å². The second-order valence-corrected chi connectivity index (χ2v) is 8.23. The van der Waals surface area contributed by atoms with Crippen LogP contribution in [-0.2, 0) is 6.42 Å². The molecule has 0 saturated carbocycles. The molecule has 28 heavy (non-hydrogen) atoms. The van der Waals surface area contributed by atoms with E-state index in [9.17, 15) is 0 Å². The molecule has 2 fully saturated rings. The first-order valence-electron chi connectivity index (χ1n) is 10.8. The number of piperazine rings is 2. The van der Waals surface area contributed by atoms with Crippen LogP contribution in [0.2, 0.25) is 0 Å². The fraction of sp³-hybridized carbons (Fsp3) is 0.727. The molecule has 2 saturated heterocycles. The van der Waals surface area contributed by atoms with E-state index in [1.807, 2.05) is 0 Å². The van der Waals surface area contributed by atoms with Gasteiger partial charge in [0.2, 0.25) is 0 Å². The molecule has 6 heteroatoms. The SMILES string of the molecule is COc1cc(CCCN2CCN(C)CC2)ccc1OCCN1CCN(C)CC1. The number of ether oxygens (including phenoxy) is 2. The van der Waals surface area contributed by atoms with Crippen LogP contribution in [-0.4, -0.2) is 113 Å². The lowest BCUT2D eigenvalue weighted by Crippen LogP contribution is -2.45. The van der Waals surface area contributed by atoms with Crippen LogP contribution in [0.15, 0.2) is 18.2 Å². The normalized spacial score (nSPS) is 20.4. The monoisotopic (exact) mass is 390 g/mol. The van der Waals surface area contributed by atoms with Gasteiger partial charge in [0.15, 0.2) is 11.5 Å². The van der Waals surface area contributed by atoms with Gasteiger partial charge < -0.3 is 24.2 Å². The molecule has 0 amide bonds. The first-order valence-corrected chi connectivity index (χ1v) is 10.8. The maximum atomic E-state index is 6.03. The minimum atomic E-state index is 0.711. The smallest absolute Gasteiger partial charge is 0.161 e. The number of rotatable bonds is 9. The van der Waals surface area contributed by atoms with E-state index in [0.29, 0.717) is 6.61 Å². The molecule has 0 bridgehead atoms. The van der Waals surface area contributed by atoms with Gasteiger partial charge in [-0.3, -0.25) is 4.90 Å². The van der Waals surface area contributed by atoms with Crippen LogP contribution in [0.3, 0.4) is 0 Å². The van der Waals surface area contributed by atoms with Crippen molar-refractivity contribution in [2.24, 2.45) is 0 Å². The maximum absolute atomic E-state index is 6.03. The predicted octanol–water partition coefficient (Wildman–Crippen LogP) is 1.50. The van der Waals surface area contributed by atoms with Crippen molar-refractivity contribution >= 4 is 0 Å². The molecule has 2 heterocycles. The van der Waals surface area contributed by atoms with E-state index < -0.39 is 0 Å². The molecule has 6 nitrogen and oxygen atoms in total. The summed E-state index contributed by atoms with van der Waals surface area (Å²) in [5.41, 5.74) is 1.33. The molecule has 0 aromatic heterocycles. The Balaban J connectivity index is 1.40. The van der Waals surface area contributed by atoms with E-state index in [4.69, 9.17) is 9.47 Å². The summed E-state index contributed by atoms with van der Waals surface area (Å²) in [5.74, 6) is 1.72. The first-order chi connectivity index (χ1) is 13.6. The average Bonchev–Trinajstić information content (AvgIpc) is 2.71. The van der Waals surface area contributed by atoms with E-state index >= 15 is 0 Å². The van der Waals surface area contributed by atoms with Gasteiger partial charge in [0, 0.05) is 58.9 Å². The van der Waals surface area contributed by atoms with Crippen molar-refractivity contribution < 1.29 is 9.47 Å². The fourth-order valence-electron chi connectivity index (χ4n) is 3.92. The number of benzene rings is 1. The molecule has 0 atom stereocenters. The summed E-state index contributed by atoms with van der Waals surface area (Å²) in [6.45, 7) is 12.2. The lowest BCUT2D eigenvalue weighted by Gasteiger charge is -2.32. The highest BCUT2D eigenvalue weighted by Crippen LogP contribution is 2.28. The molecule has 1 aromatic carbocycles. The van der Waals surface area contributed by atoms with Crippen LogP contribution in [0.5, 0.6) is 11.5 Å². The van der Waals surface area contributed by atoms with Crippen molar-refractivity contribution in [3.05, 3.63) is 23.8 Å². The summed E-state index contributed by atoms with van der Waals surface area (Å²) in [5, 5.41) is 0. The second kappa shape index (κ2) is 11.0. The third kappa shape index (κ3) is 6.62. The van der Waals surface area contributed by atoms with Crippen LogP contribution in [0.25, 0.3) is 0 Å². The van der Waals surface area contributed by atoms with Crippen LogP contribution in [0.4, 0.5) is 0 Å². The summed E-state index contributed by atoms with van der Waals surface area (Å²) in [6, 6.07) is 6.42. The highest BCUT2D eigenvalue weighted by Gasteiger charge is 2.15. The van der Waals surface area contributed by atoms with Gasteiger partial charge in [-0.2, -0.15) is 0 Å². The number of likely N-dealkylation sites (N-methyl/N-ethyl adjacent to an activating group) is 2. The lowest BCUT2D eigenvalue weighted by molar-refractivity contribution is 0.133. The number of aryl methyl sites for hydroxylation is 1. The molecule has 0 unspecified atom stereocenters. The average molecular weight is 391 g/mol. The van der Waals surface area contributed by atoms with Gasteiger partial charge in [-0.1, -0.05) is 6.07 Å². The van der Waals surface area contributed by atoms with Crippen LogP contribution < -0.4 is 9.47 Å². The standard InChI is InChI=1S/C22H38N4O2/c1-23-9-13-25(14-10-23)8-4-5-20-6-7-21(22(19-20)27-3)28-18-17-26-15-11-24(2)12-16-26/h6-7,19H,4-5,8-18H2,1-3H3. The third-order valence-corrected chi connectivity index (χ3v) is 6.02. The van der Waals surface area contributed by atoms with Gasteiger partial charge in [-0.25, -0.2) is 0 Å². The molecule has 0 aliphatic carbocycles. The van der Waals surface area contributed by atoms with E-state index in [1.54, 1.807) is 7.11 Å². The Kier molecular flexibility index (Phi) is 8.40. The molecule has 158 valence electrons. The molecule has 3 rings (SSSR count). The molecule has 2 aliphatic rings. The Morgan fingerprint density at radius 1 is 0.786 bits per heavy atom. The fourth-order valence-corrected chi connectivity index (χ4v) is 3.92. The highest BCUT2D eigenvalue weighted by molar-refractivity contribution is 5.43. The predicted molar refractivity (Wildman–Crippen MR) is 115 cm³/mol. The van der Waals surface area contributed by atoms with E-state index in [0.717, 1.165) is 50.6 Å². The van der Waals surface area contributed by atoms with Gasteiger partial charge >= 0.3 is 0 Å². The number of hydrogen-bond donors (Lipinski definition) is 0. The summed E-state index contributed by atoms with van der Waals surface area (Å²) >= 11 is 0. The number of methoxy groups -OCH3 is 1. The van der Waals surface area contributed by atoms with E-state index in [2.05, 4.69) is 51.9 Å². The third-order valence-electron chi connectivity index (χ3n) is 6.02. The van der Waals surface area contributed by atoms with Crippen molar-refractivity contribution in [3.63, 3.8) is 0 Å². The van der Waals surface area contributed by atoms with Crippen molar-refractivity contribution in [2.75, 3.05) is 93.3 Å². The number of nitrogens with zero attached hydrogens (tertiary/aromatic N) is 4. The van der Waals surface area contributed by atoms with Crippen LogP contribution >= 0.6 is 0 Å². The van der Waals surface area contributed by atoms with Gasteiger partial charge in [0.05, 0.1) is 7.11 Å². The van der Waals surface area contributed by atoms with Crippen molar-refractivity contribution in [2.45, 2.75) is 12.8 Å². The Hall–Kier alpha value is -1.34. The molecular formula is C22H38N4O2. The second-order valence-electron chi connectivity index (χ2n) is 8.23. The zero-order chi connectivity index (χ0) is 19.8. The Labute approximate surface area is 171 Å². The Bertz CT molecular complexity index is 582. The summed E-state index contributed by atoms with van der Waals surface area (Å²) < 4.78 is 11.6. The molecule has 1 aromatic rings. The van der Waals surface area contributed by atoms with Crippen molar-refractivity contribution in [3.8, 4) is 11.5 Å². The van der Waals surface area contributed by atoms with Crippen molar-refractivity contribution in [1.82, 2.24) is 19.6 Å². The largest absolute Gasteiger partial charge is 0.493 e. The van der Waals surface area contributed by atoms with Gasteiger partial charge in [-0.15, -0.1) is 0 Å².